The summed E-state index contributed by atoms with van der Waals surface area (Å²) in [4.78, 5) is 2.50. The van der Waals surface area contributed by atoms with Crippen molar-refractivity contribution in [1.29, 1.82) is 0 Å². The molecule has 0 spiro atoms. The predicted octanol–water partition coefficient (Wildman–Crippen LogP) is 1.41. The Labute approximate surface area is 56.4 Å². The highest BCUT2D eigenvalue weighted by molar-refractivity contribution is 5.06. The zero-order valence-electron chi connectivity index (χ0n) is 5.88. The highest BCUT2D eigenvalue weighted by Crippen LogP contribution is 2.29. The van der Waals surface area contributed by atoms with Crippen molar-refractivity contribution in [3.05, 3.63) is 12.2 Å². The molecule has 0 aromatic carbocycles. The van der Waals surface area contributed by atoms with E-state index in [0.29, 0.717) is 0 Å². The van der Waals surface area contributed by atoms with Crippen LogP contribution in [0.25, 0.3) is 0 Å². The molecule has 2 aliphatic heterocycles. The minimum atomic E-state index is 0.781. The molecular formula is C8H13N. The monoisotopic (exact) mass is 123 g/mol. The van der Waals surface area contributed by atoms with Crippen LogP contribution in [0.15, 0.2) is 12.2 Å². The van der Waals surface area contributed by atoms with Gasteiger partial charge >= 0.3 is 0 Å². The summed E-state index contributed by atoms with van der Waals surface area (Å²) in [6, 6.07) is 1.66. The summed E-state index contributed by atoms with van der Waals surface area (Å²) in [5.41, 5.74) is 0. The first-order valence-electron chi connectivity index (χ1n) is 3.76. The van der Waals surface area contributed by atoms with E-state index < -0.39 is 0 Å². The van der Waals surface area contributed by atoms with Gasteiger partial charge in [-0.1, -0.05) is 12.2 Å². The first-order valence-corrected chi connectivity index (χ1v) is 3.76. The fourth-order valence-electron chi connectivity index (χ4n) is 1.95. The summed E-state index contributed by atoms with van der Waals surface area (Å²) in [5.74, 6) is 0. The number of hydrogen-bond acceptors (Lipinski definition) is 1. The lowest BCUT2D eigenvalue weighted by Gasteiger charge is -2.26. The second kappa shape index (κ2) is 1.84. The second-order valence-corrected chi connectivity index (χ2v) is 3.13. The Morgan fingerprint density at radius 3 is 3.00 bits per heavy atom. The molecule has 1 saturated heterocycles. The number of nitrogens with zero attached hydrogens (tertiary/aromatic N) is 1. The Morgan fingerprint density at radius 2 is 2.33 bits per heavy atom. The zero-order valence-corrected chi connectivity index (χ0v) is 5.88. The van der Waals surface area contributed by atoms with Crippen LogP contribution in [0.3, 0.4) is 0 Å². The van der Waals surface area contributed by atoms with Gasteiger partial charge in [0.05, 0.1) is 0 Å². The Morgan fingerprint density at radius 1 is 1.44 bits per heavy atom. The van der Waals surface area contributed by atoms with Gasteiger partial charge < -0.3 is 0 Å². The van der Waals surface area contributed by atoms with Crippen LogP contribution in [0.2, 0.25) is 0 Å². The van der Waals surface area contributed by atoms with Gasteiger partial charge in [0.15, 0.2) is 0 Å². The standard InChI is InChI=1S/C8H13N/c1-9-7-3-2-4-8(9)6-5-7/h2-3,7-8H,4-6H2,1H3/t7?,8-/m1/s1. The van der Waals surface area contributed by atoms with Crippen molar-refractivity contribution in [3.8, 4) is 0 Å². The van der Waals surface area contributed by atoms with Crippen LogP contribution in [-0.4, -0.2) is 24.0 Å². The summed E-state index contributed by atoms with van der Waals surface area (Å²) in [6.45, 7) is 0. The van der Waals surface area contributed by atoms with Gasteiger partial charge in [-0.15, -0.1) is 0 Å². The highest BCUT2D eigenvalue weighted by Gasteiger charge is 2.29. The molecule has 0 aromatic heterocycles. The lowest BCUT2D eigenvalue weighted by Crippen LogP contribution is -2.33. The molecule has 1 unspecified atom stereocenters. The van der Waals surface area contributed by atoms with Gasteiger partial charge in [0.2, 0.25) is 0 Å². The molecule has 2 bridgehead atoms. The molecule has 50 valence electrons. The smallest absolute Gasteiger partial charge is 0.0278 e. The fraction of sp³-hybridized carbons (Fsp3) is 0.750. The van der Waals surface area contributed by atoms with Crippen molar-refractivity contribution >= 4 is 0 Å². The Bertz CT molecular complexity index is 140. The van der Waals surface area contributed by atoms with E-state index in [0.717, 1.165) is 12.1 Å². The van der Waals surface area contributed by atoms with Crippen molar-refractivity contribution in [3.63, 3.8) is 0 Å². The third-order valence-electron chi connectivity index (χ3n) is 2.66. The summed E-state index contributed by atoms with van der Waals surface area (Å²) in [5, 5.41) is 0. The molecule has 1 heteroatoms. The molecule has 2 rings (SSSR count). The average Bonchev–Trinajstić information content (AvgIpc) is 2.19. The molecule has 9 heavy (non-hydrogen) atoms. The van der Waals surface area contributed by atoms with Crippen LogP contribution < -0.4 is 0 Å². The maximum Gasteiger partial charge on any atom is 0.0278 e. The predicted molar refractivity (Wildman–Crippen MR) is 38.3 cm³/mol. The molecule has 0 amide bonds. The fourth-order valence-corrected chi connectivity index (χ4v) is 1.95. The molecule has 0 N–H and O–H groups in total. The second-order valence-electron chi connectivity index (χ2n) is 3.13. The largest absolute Gasteiger partial charge is 0.297 e. The molecule has 2 heterocycles. The number of fused-ring (bicyclic) bond motifs is 2. The minimum absolute atomic E-state index is 0.781. The van der Waals surface area contributed by atoms with Gasteiger partial charge in [0.1, 0.15) is 0 Å². The van der Waals surface area contributed by atoms with Crippen LogP contribution in [0, 0.1) is 0 Å². The summed E-state index contributed by atoms with van der Waals surface area (Å²) in [7, 11) is 2.24. The van der Waals surface area contributed by atoms with E-state index in [1.165, 1.54) is 19.3 Å². The van der Waals surface area contributed by atoms with Gasteiger partial charge in [-0.3, -0.25) is 4.90 Å². The Hall–Kier alpha value is -0.300. The van der Waals surface area contributed by atoms with E-state index in [1.807, 2.05) is 0 Å². The molecule has 0 aromatic rings. The maximum atomic E-state index is 2.50. The molecule has 0 aliphatic carbocycles. The molecular weight excluding hydrogens is 110 g/mol. The lowest BCUT2D eigenvalue weighted by atomic mass is 10.1. The summed E-state index contributed by atoms with van der Waals surface area (Å²) in [6.07, 6.45) is 8.77. The van der Waals surface area contributed by atoms with E-state index in [1.54, 1.807) is 0 Å². The Balaban J connectivity index is 2.22. The highest BCUT2D eigenvalue weighted by atomic mass is 15.2. The molecule has 0 saturated carbocycles. The Kier molecular flexibility index (Phi) is 1.12. The van der Waals surface area contributed by atoms with Crippen LogP contribution in [0.5, 0.6) is 0 Å². The summed E-state index contributed by atoms with van der Waals surface area (Å²) < 4.78 is 0. The van der Waals surface area contributed by atoms with Gasteiger partial charge in [-0.05, 0) is 26.3 Å². The van der Waals surface area contributed by atoms with Crippen LogP contribution >= 0.6 is 0 Å². The van der Waals surface area contributed by atoms with Crippen LogP contribution in [-0.2, 0) is 0 Å². The van der Waals surface area contributed by atoms with Crippen LogP contribution in [0.1, 0.15) is 19.3 Å². The van der Waals surface area contributed by atoms with E-state index in [4.69, 9.17) is 0 Å². The third-order valence-corrected chi connectivity index (χ3v) is 2.66. The van der Waals surface area contributed by atoms with Crippen molar-refractivity contribution in [1.82, 2.24) is 4.90 Å². The van der Waals surface area contributed by atoms with Crippen molar-refractivity contribution in [2.24, 2.45) is 0 Å². The first kappa shape index (κ1) is 5.48. The third kappa shape index (κ3) is 0.715. The molecule has 1 fully saturated rings. The van der Waals surface area contributed by atoms with E-state index in [9.17, 15) is 0 Å². The lowest BCUT2D eigenvalue weighted by molar-refractivity contribution is 0.260. The SMILES string of the molecule is CN1C2C=CC[C@@H]1CC2. The van der Waals surface area contributed by atoms with Gasteiger partial charge in [0, 0.05) is 12.1 Å². The minimum Gasteiger partial charge on any atom is -0.297 e. The van der Waals surface area contributed by atoms with Crippen LogP contribution in [0.4, 0.5) is 0 Å². The molecule has 2 aliphatic rings. The van der Waals surface area contributed by atoms with E-state index in [2.05, 4.69) is 24.1 Å². The van der Waals surface area contributed by atoms with Crippen molar-refractivity contribution in [2.45, 2.75) is 31.3 Å². The van der Waals surface area contributed by atoms with E-state index in [-0.39, 0.29) is 0 Å². The topological polar surface area (TPSA) is 3.24 Å². The van der Waals surface area contributed by atoms with Gasteiger partial charge in [-0.2, -0.15) is 0 Å². The van der Waals surface area contributed by atoms with Gasteiger partial charge in [-0.25, -0.2) is 0 Å². The average molecular weight is 123 g/mol. The molecule has 0 radical (unpaired) electrons. The number of hydrogen-bond donors (Lipinski definition) is 0. The summed E-state index contributed by atoms with van der Waals surface area (Å²) >= 11 is 0. The van der Waals surface area contributed by atoms with Gasteiger partial charge in [0.25, 0.3) is 0 Å². The van der Waals surface area contributed by atoms with E-state index >= 15 is 0 Å². The maximum absolute atomic E-state index is 2.50. The molecule has 2 atom stereocenters. The quantitative estimate of drug-likeness (QED) is 0.440. The van der Waals surface area contributed by atoms with Crippen molar-refractivity contribution < 1.29 is 0 Å². The van der Waals surface area contributed by atoms with Crippen molar-refractivity contribution in [2.75, 3.05) is 7.05 Å². The zero-order chi connectivity index (χ0) is 6.27. The normalized spacial score (nSPS) is 41.9. The molecule has 1 nitrogen and oxygen atoms in total. The number of rotatable bonds is 0. The first-order chi connectivity index (χ1) is 4.38. The number of likely N-dealkylation sites (N-methyl/N-ethyl adjacent to an activating group) is 1.